The summed E-state index contributed by atoms with van der Waals surface area (Å²) in [5.41, 5.74) is 29.5. The lowest BCUT2D eigenvalue weighted by Gasteiger charge is -2.17. The van der Waals surface area contributed by atoms with Gasteiger partial charge in [-0.05, 0) is 178 Å². The summed E-state index contributed by atoms with van der Waals surface area (Å²) >= 11 is 0. The minimum Gasteiger partial charge on any atom is -0.376 e. The van der Waals surface area contributed by atoms with Crippen molar-refractivity contribution >= 4 is 105 Å². The summed E-state index contributed by atoms with van der Waals surface area (Å²) in [5, 5.41) is 40.5. The summed E-state index contributed by atoms with van der Waals surface area (Å²) < 4.78 is 53.7. The fourth-order valence-electron chi connectivity index (χ4n) is 16.4. The fraction of sp³-hybridized carbons (Fsp3) is 0.0849. The third-order valence-corrected chi connectivity index (χ3v) is 23.6. The average molecular weight is 1820 g/mol. The lowest BCUT2D eigenvalue weighted by atomic mass is 9.95. The van der Waals surface area contributed by atoms with Gasteiger partial charge in [0.05, 0.1) is 115 Å². The fourth-order valence-corrected chi connectivity index (χ4v) is 16.4. The van der Waals surface area contributed by atoms with Gasteiger partial charge >= 0.3 is 0 Å². The van der Waals surface area contributed by atoms with Gasteiger partial charge in [0.25, 0.3) is 0 Å². The van der Waals surface area contributed by atoms with E-state index >= 15 is 0 Å². The molecular formula is C106H81F4N27O. The molecule has 674 valence electrons. The number of imidazole rings is 4. The van der Waals surface area contributed by atoms with E-state index in [1.165, 1.54) is 48.5 Å². The van der Waals surface area contributed by atoms with Crippen molar-refractivity contribution in [1.82, 2.24) is 126 Å². The van der Waals surface area contributed by atoms with E-state index in [1.54, 1.807) is 117 Å². The molecular weight excluding hydrogens is 1740 g/mol. The number of carbonyl (C=O) groups is 1. The minimum atomic E-state index is -0.515. The maximum atomic E-state index is 13.5. The molecule has 0 radical (unpaired) electrons. The summed E-state index contributed by atoms with van der Waals surface area (Å²) in [4.78, 5) is 81.9. The molecule has 10 N–H and O–H groups in total. The summed E-state index contributed by atoms with van der Waals surface area (Å²) in [6, 6.07) is 59.8. The highest BCUT2D eigenvalue weighted by molar-refractivity contribution is 6.04. The number of fused-ring (bicyclic) bond motifs is 8. The second-order valence-electron chi connectivity index (χ2n) is 34.1. The van der Waals surface area contributed by atoms with Crippen LogP contribution in [0.25, 0.3) is 223 Å². The van der Waals surface area contributed by atoms with E-state index in [0.29, 0.717) is 34.7 Å². The minimum absolute atomic E-state index is 0.0802. The monoisotopic (exact) mass is 1820 g/mol. The molecule has 0 spiro atoms. The Labute approximate surface area is 782 Å². The average Bonchev–Trinajstić information content (AvgIpc) is 1.62. The molecule has 16 aromatic heterocycles. The van der Waals surface area contributed by atoms with Crippen molar-refractivity contribution in [2.75, 3.05) is 30.9 Å². The molecule has 1 amide bonds. The van der Waals surface area contributed by atoms with Gasteiger partial charge in [-0.1, -0.05) is 107 Å². The normalized spacial score (nSPS) is 11.5. The van der Waals surface area contributed by atoms with Crippen LogP contribution in [0.1, 0.15) is 33.3 Å². The number of aromatic nitrogens is 24. The Morgan fingerprint density at radius 1 is 0.326 bits per heavy atom. The van der Waals surface area contributed by atoms with Crippen LogP contribution < -0.4 is 15.5 Å². The first kappa shape index (κ1) is 86.4. The van der Waals surface area contributed by atoms with Gasteiger partial charge in [0.1, 0.15) is 46.0 Å². The highest BCUT2D eigenvalue weighted by Crippen LogP contribution is 2.41. The summed E-state index contributed by atoms with van der Waals surface area (Å²) in [6.07, 6.45) is 28.3. The quantitative estimate of drug-likeness (QED) is 0.0379. The Kier molecular flexibility index (Phi) is 23.0. The number of pyridine rings is 8. The number of nitrogens with one attached hydrogen (secondary N) is 10. The van der Waals surface area contributed by atoms with Crippen molar-refractivity contribution < 1.29 is 22.4 Å². The maximum Gasteiger partial charge on any atom is 0.229 e. The number of nitrogens with zero attached hydrogens (tertiary/aromatic N) is 17. The molecule has 0 aliphatic rings. The summed E-state index contributed by atoms with van der Waals surface area (Å²) in [6.45, 7) is 9.37. The van der Waals surface area contributed by atoms with Crippen LogP contribution in [0, 0.1) is 28.7 Å². The van der Waals surface area contributed by atoms with Crippen LogP contribution in [0.4, 0.5) is 28.9 Å². The number of hydrogen-bond acceptors (Lipinski definition) is 19. The first-order valence-electron chi connectivity index (χ1n) is 44.1. The highest BCUT2D eigenvalue weighted by atomic mass is 19.1. The molecule has 24 aromatic rings. The Morgan fingerprint density at radius 2 is 0.645 bits per heavy atom. The predicted molar refractivity (Wildman–Crippen MR) is 530 cm³/mol. The van der Waals surface area contributed by atoms with Crippen molar-refractivity contribution in [2.45, 2.75) is 34.2 Å². The van der Waals surface area contributed by atoms with Crippen LogP contribution in [0.5, 0.6) is 0 Å². The number of halogens is 4. The number of H-pyrrole nitrogens is 8. The zero-order valence-corrected chi connectivity index (χ0v) is 74.7. The molecule has 0 bridgehead atoms. The third-order valence-electron chi connectivity index (χ3n) is 23.6. The molecule has 0 saturated heterocycles. The third kappa shape index (κ3) is 17.6. The maximum absolute atomic E-state index is 13.5. The Balaban J connectivity index is 0.000000110. The summed E-state index contributed by atoms with van der Waals surface area (Å²) in [5.74, 6) is 1.28. The number of benzene rings is 8. The number of aromatic amines is 8. The van der Waals surface area contributed by atoms with Gasteiger partial charge in [-0.3, -0.25) is 65.1 Å². The molecule has 0 aliphatic heterocycles. The Bertz CT molecular complexity index is 8650. The van der Waals surface area contributed by atoms with E-state index in [-0.39, 0.29) is 29.2 Å². The molecule has 0 aliphatic carbocycles. The second kappa shape index (κ2) is 36.7. The van der Waals surface area contributed by atoms with Gasteiger partial charge in [-0.25, -0.2) is 37.5 Å². The molecule has 28 nitrogen and oxygen atoms in total. The van der Waals surface area contributed by atoms with Crippen molar-refractivity contribution in [1.29, 1.82) is 0 Å². The van der Waals surface area contributed by atoms with E-state index in [0.717, 1.165) is 218 Å². The SMILES string of the molecule is CC(C)(C)C(=O)Nc1cncc(-c2ccc3[nH]nc(-c4nc5c(-c6ccc(F)cc6)cncc5[nH]4)c3c2)c1.CCNCc1cncc(-c2ccc3[nH]nc(-c4nc5c(-c6ccc(F)cc6)cncc5[nH]4)c3c2)c1.CN(C)c1cncc(-c2ccc3[nH]nc(-c4nc5c(-c6ccc(F)cc6)cncc5[nH]4)c3c2)c1.Fc1ccc(-c2cncc3[nH]c(-c4n[nH]c5ccc(-c6cccnc6)cc45)nc23)cc1. The van der Waals surface area contributed by atoms with Crippen LogP contribution in [-0.2, 0) is 11.3 Å². The van der Waals surface area contributed by atoms with Crippen molar-refractivity contribution in [3.05, 3.63) is 328 Å². The molecule has 0 atom stereocenters. The molecule has 138 heavy (non-hydrogen) atoms. The lowest BCUT2D eigenvalue weighted by Crippen LogP contribution is -2.27. The number of carbonyl (C=O) groups excluding carboxylic acids is 1. The number of hydrogen-bond donors (Lipinski definition) is 10. The second-order valence-corrected chi connectivity index (χ2v) is 34.1. The molecule has 24 rings (SSSR count). The molecule has 32 heteroatoms. The standard InChI is InChI=1S/C29H24FN7O.C27H22FN7.C26H20FN7.C24H15FN6/c1-29(2,3)28(38)33-20-10-18(12-31-13-20)17-6-9-23-21(11-17)26(37-36-23)27-34-24-15-32-14-22(25(24)35-27)16-4-7-19(30)8-5-16;1-2-29-11-16-9-19(13-30-12-16)18-5-8-23-21(10-18)26(35-34-23)27-32-24-15-31-14-22(25(24)33-27)17-3-6-20(28)7-4-17;1-34(2)19-9-17(11-28-12-19)16-5-8-22-20(10-16)25(33-32-22)26-30-23-14-29-13-21(24(23)31-26)15-3-6-18(27)7-4-15;25-17-6-3-14(4-7-17)19-12-27-13-21-22(19)29-24(28-21)23-18-10-15(5-8-20(18)30-31-23)16-2-1-9-26-11-16/h4-15H,1-3H3,(H,33,38)(H,34,35)(H,36,37);3-10,12-15,29H,2,11H2,1H3,(H,32,33)(H,34,35);3-14H,1-2H3,(H,30,31)(H,32,33);1-13H,(H,28,29)(H,30,31). The number of rotatable bonds is 17. The highest BCUT2D eigenvalue weighted by Gasteiger charge is 2.26. The molecule has 0 saturated carbocycles. The van der Waals surface area contributed by atoms with Gasteiger partial charge in [-0.2, -0.15) is 20.4 Å². The summed E-state index contributed by atoms with van der Waals surface area (Å²) in [7, 11) is 3.99. The Hall–Kier alpha value is -18.3. The van der Waals surface area contributed by atoms with Gasteiger partial charge in [0.15, 0.2) is 23.3 Å². The number of anilines is 2. The largest absolute Gasteiger partial charge is 0.376 e. The Morgan fingerprint density at radius 3 is 0.986 bits per heavy atom. The molecule has 0 unspecified atom stereocenters. The van der Waals surface area contributed by atoms with E-state index in [4.69, 9.17) is 19.9 Å². The van der Waals surface area contributed by atoms with Crippen molar-refractivity contribution in [2.24, 2.45) is 5.41 Å². The van der Waals surface area contributed by atoms with Crippen LogP contribution in [0.3, 0.4) is 0 Å². The molecule has 16 heterocycles. The first-order chi connectivity index (χ1) is 67.3. The van der Waals surface area contributed by atoms with E-state index < -0.39 is 5.41 Å². The zero-order valence-electron chi connectivity index (χ0n) is 74.7. The molecule has 0 fully saturated rings. The van der Waals surface area contributed by atoms with Crippen molar-refractivity contribution in [3.63, 3.8) is 0 Å². The van der Waals surface area contributed by atoms with Crippen LogP contribution in [-0.4, -0.2) is 147 Å². The first-order valence-corrected chi connectivity index (χ1v) is 44.1. The van der Waals surface area contributed by atoms with E-state index in [2.05, 4.69) is 161 Å². The van der Waals surface area contributed by atoms with Gasteiger partial charge < -0.3 is 35.5 Å². The van der Waals surface area contributed by atoms with Crippen LogP contribution in [0.15, 0.2) is 299 Å². The number of amides is 1. The van der Waals surface area contributed by atoms with Gasteiger partial charge in [0, 0.05) is 154 Å². The van der Waals surface area contributed by atoms with Crippen LogP contribution in [0.2, 0.25) is 0 Å². The van der Waals surface area contributed by atoms with Gasteiger partial charge in [0.2, 0.25) is 5.91 Å². The van der Waals surface area contributed by atoms with Gasteiger partial charge in [-0.15, -0.1) is 0 Å². The smallest absolute Gasteiger partial charge is 0.229 e. The predicted octanol–water partition coefficient (Wildman–Crippen LogP) is 22.6. The van der Waals surface area contributed by atoms with Crippen molar-refractivity contribution in [3.8, 4) is 135 Å². The topological polar surface area (TPSA) is 377 Å². The zero-order chi connectivity index (χ0) is 94.2. The van der Waals surface area contributed by atoms with Crippen LogP contribution >= 0.6 is 0 Å². The molecule has 8 aromatic carbocycles. The van der Waals surface area contributed by atoms with E-state index in [1.807, 2.05) is 131 Å². The van der Waals surface area contributed by atoms with E-state index in [9.17, 15) is 22.4 Å². The lowest BCUT2D eigenvalue weighted by molar-refractivity contribution is -0.123.